The van der Waals surface area contributed by atoms with Gasteiger partial charge in [0.1, 0.15) is 11.5 Å². The average molecular weight is 382 g/mol. The van der Waals surface area contributed by atoms with Gasteiger partial charge >= 0.3 is 0 Å². The summed E-state index contributed by atoms with van der Waals surface area (Å²) in [6, 6.07) is 14.7. The quantitative estimate of drug-likeness (QED) is 0.789. The molecule has 6 heteroatoms. The van der Waals surface area contributed by atoms with E-state index in [0.29, 0.717) is 36.0 Å². The molecular weight excluding hydrogens is 356 g/mol. The minimum atomic E-state index is -0.436. The SMILES string of the molecule is CCOc1ccccc1NC(=O)C1CC(=O)N(c2ccccc2OC(C)C)C1. The Morgan fingerprint density at radius 1 is 1.14 bits per heavy atom. The molecule has 1 heterocycles. The van der Waals surface area contributed by atoms with Crippen LogP contribution in [0.1, 0.15) is 27.2 Å². The van der Waals surface area contributed by atoms with E-state index in [1.165, 1.54) is 0 Å². The molecule has 0 saturated carbocycles. The molecule has 2 amide bonds. The fraction of sp³-hybridized carbons (Fsp3) is 0.364. The molecule has 1 unspecified atom stereocenters. The van der Waals surface area contributed by atoms with E-state index in [0.717, 1.165) is 0 Å². The zero-order valence-corrected chi connectivity index (χ0v) is 16.5. The normalized spacial score (nSPS) is 16.4. The molecule has 1 atom stereocenters. The van der Waals surface area contributed by atoms with Gasteiger partial charge in [-0.05, 0) is 45.0 Å². The predicted octanol–water partition coefficient (Wildman–Crippen LogP) is 3.86. The number of hydrogen-bond donors (Lipinski definition) is 1. The van der Waals surface area contributed by atoms with Gasteiger partial charge in [0.05, 0.1) is 30.0 Å². The molecule has 148 valence electrons. The van der Waals surface area contributed by atoms with E-state index in [4.69, 9.17) is 9.47 Å². The number of nitrogens with one attached hydrogen (secondary N) is 1. The summed E-state index contributed by atoms with van der Waals surface area (Å²) in [5, 5.41) is 2.90. The van der Waals surface area contributed by atoms with E-state index in [1.54, 1.807) is 11.0 Å². The first-order valence-electron chi connectivity index (χ1n) is 9.58. The van der Waals surface area contributed by atoms with Crippen molar-refractivity contribution in [2.75, 3.05) is 23.4 Å². The van der Waals surface area contributed by atoms with E-state index in [2.05, 4.69) is 5.32 Å². The first-order chi connectivity index (χ1) is 13.5. The molecule has 0 bridgehead atoms. The topological polar surface area (TPSA) is 67.9 Å². The summed E-state index contributed by atoms with van der Waals surface area (Å²) in [5.74, 6) is 0.557. The van der Waals surface area contributed by atoms with Crippen molar-refractivity contribution in [3.05, 3.63) is 48.5 Å². The van der Waals surface area contributed by atoms with Gasteiger partial charge in [-0.15, -0.1) is 0 Å². The lowest BCUT2D eigenvalue weighted by atomic mass is 10.1. The fourth-order valence-electron chi connectivity index (χ4n) is 3.24. The van der Waals surface area contributed by atoms with Crippen LogP contribution in [0.3, 0.4) is 0 Å². The number of nitrogens with zero attached hydrogens (tertiary/aromatic N) is 1. The van der Waals surface area contributed by atoms with Crippen molar-refractivity contribution in [3.8, 4) is 11.5 Å². The van der Waals surface area contributed by atoms with E-state index in [9.17, 15) is 9.59 Å². The van der Waals surface area contributed by atoms with Crippen LogP contribution in [0.5, 0.6) is 11.5 Å². The maximum atomic E-state index is 12.8. The second-order valence-corrected chi connectivity index (χ2v) is 6.96. The molecule has 0 aromatic heterocycles. The molecule has 1 N–H and O–H groups in total. The van der Waals surface area contributed by atoms with Crippen LogP contribution in [0.2, 0.25) is 0 Å². The molecule has 0 radical (unpaired) electrons. The van der Waals surface area contributed by atoms with Crippen LogP contribution in [0.15, 0.2) is 48.5 Å². The Bertz CT molecular complexity index is 850. The van der Waals surface area contributed by atoms with Crippen molar-refractivity contribution in [2.24, 2.45) is 5.92 Å². The minimum Gasteiger partial charge on any atom is -0.492 e. The van der Waals surface area contributed by atoms with Crippen molar-refractivity contribution in [3.63, 3.8) is 0 Å². The Morgan fingerprint density at radius 2 is 1.82 bits per heavy atom. The van der Waals surface area contributed by atoms with Gasteiger partial charge in [0, 0.05) is 13.0 Å². The molecule has 2 aromatic carbocycles. The molecule has 2 aromatic rings. The maximum Gasteiger partial charge on any atom is 0.229 e. The highest BCUT2D eigenvalue weighted by atomic mass is 16.5. The van der Waals surface area contributed by atoms with E-state index >= 15 is 0 Å². The van der Waals surface area contributed by atoms with Gasteiger partial charge in [-0.1, -0.05) is 24.3 Å². The summed E-state index contributed by atoms with van der Waals surface area (Å²) < 4.78 is 11.4. The van der Waals surface area contributed by atoms with Gasteiger partial charge in [-0.2, -0.15) is 0 Å². The molecule has 6 nitrogen and oxygen atoms in total. The monoisotopic (exact) mass is 382 g/mol. The maximum absolute atomic E-state index is 12.8. The summed E-state index contributed by atoms with van der Waals surface area (Å²) in [4.78, 5) is 27.0. The van der Waals surface area contributed by atoms with E-state index in [-0.39, 0.29) is 24.3 Å². The van der Waals surface area contributed by atoms with Crippen molar-refractivity contribution >= 4 is 23.2 Å². The number of benzene rings is 2. The van der Waals surface area contributed by atoms with Gasteiger partial charge in [-0.3, -0.25) is 9.59 Å². The first kappa shape index (κ1) is 19.7. The highest BCUT2D eigenvalue weighted by molar-refractivity contribution is 6.04. The summed E-state index contributed by atoms with van der Waals surface area (Å²) in [6.07, 6.45) is 0.159. The van der Waals surface area contributed by atoms with Crippen molar-refractivity contribution in [2.45, 2.75) is 33.3 Å². The Kier molecular flexibility index (Phi) is 6.19. The molecule has 1 saturated heterocycles. The standard InChI is InChI=1S/C22H26N2O4/c1-4-27-19-11-7-5-9-17(19)23-22(26)16-13-21(25)24(14-16)18-10-6-8-12-20(18)28-15(2)3/h5-12,15-16H,4,13-14H2,1-3H3,(H,23,26). The summed E-state index contributed by atoms with van der Waals surface area (Å²) in [7, 11) is 0. The van der Waals surface area contributed by atoms with Crippen LogP contribution in [0.4, 0.5) is 11.4 Å². The largest absolute Gasteiger partial charge is 0.492 e. The molecule has 1 fully saturated rings. The molecule has 0 aliphatic carbocycles. The van der Waals surface area contributed by atoms with Gasteiger partial charge in [0.2, 0.25) is 11.8 Å². The molecule has 1 aliphatic rings. The third-order valence-electron chi connectivity index (χ3n) is 4.46. The minimum absolute atomic E-state index is 0.00646. The zero-order valence-electron chi connectivity index (χ0n) is 16.5. The number of rotatable bonds is 7. The van der Waals surface area contributed by atoms with Crippen LogP contribution < -0.4 is 19.7 Å². The number of para-hydroxylation sites is 4. The van der Waals surface area contributed by atoms with Crippen molar-refractivity contribution in [1.82, 2.24) is 0 Å². The zero-order chi connectivity index (χ0) is 20.1. The van der Waals surface area contributed by atoms with Crippen LogP contribution in [0.25, 0.3) is 0 Å². The number of carbonyl (C=O) groups is 2. The highest BCUT2D eigenvalue weighted by Crippen LogP contribution is 2.34. The van der Waals surface area contributed by atoms with E-state index in [1.807, 2.05) is 63.2 Å². The third kappa shape index (κ3) is 4.44. The lowest BCUT2D eigenvalue weighted by molar-refractivity contribution is -0.122. The van der Waals surface area contributed by atoms with Crippen LogP contribution in [-0.2, 0) is 9.59 Å². The Morgan fingerprint density at radius 3 is 2.54 bits per heavy atom. The summed E-state index contributed by atoms with van der Waals surface area (Å²) in [5.41, 5.74) is 1.31. The van der Waals surface area contributed by atoms with E-state index < -0.39 is 5.92 Å². The molecular formula is C22H26N2O4. The molecule has 28 heavy (non-hydrogen) atoms. The van der Waals surface area contributed by atoms with Gasteiger partial charge in [0.15, 0.2) is 0 Å². The Hall–Kier alpha value is -3.02. The summed E-state index contributed by atoms with van der Waals surface area (Å²) in [6.45, 7) is 6.60. The van der Waals surface area contributed by atoms with Crippen molar-refractivity contribution < 1.29 is 19.1 Å². The second kappa shape index (κ2) is 8.78. The number of hydrogen-bond acceptors (Lipinski definition) is 4. The summed E-state index contributed by atoms with van der Waals surface area (Å²) >= 11 is 0. The molecule has 1 aliphatic heterocycles. The van der Waals surface area contributed by atoms with Gasteiger partial charge < -0.3 is 19.7 Å². The third-order valence-corrected chi connectivity index (χ3v) is 4.46. The van der Waals surface area contributed by atoms with Crippen LogP contribution in [0, 0.1) is 5.92 Å². The van der Waals surface area contributed by atoms with Crippen molar-refractivity contribution in [1.29, 1.82) is 0 Å². The highest BCUT2D eigenvalue weighted by Gasteiger charge is 2.36. The lowest BCUT2D eigenvalue weighted by Crippen LogP contribution is -2.28. The smallest absolute Gasteiger partial charge is 0.229 e. The number of anilines is 2. The first-order valence-corrected chi connectivity index (χ1v) is 9.58. The lowest BCUT2D eigenvalue weighted by Gasteiger charge is -2.21. The van der Waals surface area contributed by atoms with Gasteiger partial charge in [0.25, 0.3) is 0 Å². The molecule has 0 spiro atoms. The molecule has 3 rings (SSSR count). The van der Waals surface area contributed by atoms with Crippen LogP contribution >= 0.6 is 0 Å². The number of amides is 2. The average Bonchev–Trinajstić information content (AvgIpc) is 3.05. The predicted molar refractivity (Wildman–Crippen MR) is 109 cm³/mol. The number of ether oxygens (including phenoxy) is 2. The Labute approximate surface area is 165 Å². The van der Waals surface area contributed by atoms with Gasteiger partial charge in [-0.25, -0.2) is 0 Å². The second-order valence-electron chi connectivity index (χ2n) is 6.96. The number of carbonyl (C=O) groups excluding carboxylic acids is 2. The Balaban J connectivity index is 1.74. The fourth-order valence-corrected chi connectivity index (χ4v) is 3.24. The van der Waals surface area contributed by atoms with Crippen LogP contribution in [-0.4, -0.2) is 31.1 Å².